The maximum absolute atomic E-state index is 12.2. The van der Waals surface area contributed by atoms with E-state index in [1.54, 1.807) is 30.3 Å². The lowest BCUT2D eigenvalue weighted by Crippen LogP contribution is -2.19. The molecule has 0 aliphatic carbocycles. The van der Waals surface area contributed by atoms with Crippen LogP contribution in [0.1, 0.15) is 15.9 Å². The molecule has 6 heteroatoms. The van der Waals surface area contributed by atoms with Gasteiger partial charge in [0.2, 0.25) is 0 Å². The number of hydrogen-bond acceptors (Lipinski definition) is 4. The van der Waals surface area contributed by atoms with Crippen LogP contribution < -0.4 is 10.2 Å². The summed E-state index contributed by atoms with van der Waals surface area (Å²) in [6.45, 7) is 0.728. The number of nitrogens with one attached hydrogen (secondary N) is 1. The summed E-state index contributed by atoms with van der Waals surface area (Å²) in [4.78, 5) is 14.1. The number of anilines is 2. The Kier molecular flexibility index (Phi) is 5.26. The molecule has 0 atom stereocenters. The summed E-state index contributed by atoms with van der Waals surface area (Å²) in [7, 11) is 1.95. The van der Waals surface area contributed by atoms with E-state index in [1.807, 2.05) is 36.2 Å². The maximum atomic E-state index is 12.2. The number of carbonyl (C=O) groups excluding carboxylic acids is 1. The van der Waals surface area contributed by atoms with Crippen LogP contribution in [0.5, 0.6) is 0 Å². The minimum absolute atomic E-state index is 0.253. The molecule has 126 valence electrons. The number of nitrogens with zero attached hydrogens (tertiary/aromatic N) is 3. The quantitative estimate of drug-likeness (QED) is 0.753. The highest BCUT2D eigenvalue weighted by Gasteiger charge is 2.09. The van der Waals surface area contributed by atoms with Crippen LogP contribution in [0.4, 0.5) is 11.6 Å². The molecule has 1 N–H and O–H groups in total. The van der Waals surface area contributed by atoms with Crippen LogP contribution in [0.3, 0.4) is 0 Å². The van der Waals surface area contributed by atoms with E-state index in [0.29, 0.717) is 16.4 Å². The van der Waals surface area contributed by atoms with Crippen LogP contribution in [0.15, 0.2) is 66.7 Å². The molecular formula is C19H17ClN4O. The zero-order valence-corrected chi connectivity index (χ0v) is 14.4. The van der Waals surface area contributed by atoms with E-state index in [4.69, 9.17) is 11.6 Å². The van der Waals surface area contributed by atoms with E-state index >= 15 is 0 Å². The summed E-state index contributed by atoms with van der Waals surface area (Å²) in [5.41, 5.74) is 1.70. The predicted molar refractivity (Wildman–Crippen MR) is 100.0 cm³/mol. The van der Waals surface area contributed by atoms with Crippen LogP contribution >= 0.6 is 11.6 Å². The van der Waals surface area contributed by atoms with Crippen LogP contribution in [-0.2, 0) is 6.54 Å². The fourth-order valence-corrected chi connectivity index (χ4v) is 2.45. The largest absolute Gasteiger partial charge is 0.354 e. The van der Waals surface area contributed by atoms with Crippen molar-refractivity contribution in [1.29, 1.82) is 0 Å². The van der Waals surface area contributed by atoms with Gasteiger partial charge in [-0.1, -0.05) is 41.9 Å². The van der Waals surface area contributed by atoms with Crippen molar-refractivity contribution < 1.29 is 4.79 Å². The van der Waals surface area contributed by atoms with E-state index in [-0.39, 0.29) is 5.91 Å². The highest BCUT2D eigenvalue weighted by molar-refractivity contribution is 6.30. The first kappa shape index (κ1) is 16.9. The molecule has 0 bridgehead atoms. The molecule has 0 saturated carbocycles. The normalized spacial score (nSPS) is 10.3. The highest BCUT2D eigenvalue weighted by Crippen LogP contribution is 2.15. The molecule has 3 rings (SSSR count). The minimum Gasteiger partial charge on any atom is -0.354 e. The van der Waals surface area contributed by atoms with E-state index in [0.717, 1.165) is 12.4 Å². The van der Waals surface area contributed by atoms with Crippen molar-refractivity contribution in [2.45, 2.75) is 6.54 Å². The molecule has 0 aliphatic heterocycles. The first-order valence-electron chi connectivity index (χ1n) is 7.77. The summed E-state index contributed by atoms with van der Waals surface area (Å²) < 4.78 is 0. The molecule has 0 spiro atoms. The van der Waals surface area contributed by atoms with Crippen molar-refractivity contribution in [2.75, 3.05) is 17.3 Å². The number of hydrogen-bond donors (Lipinski definition) is 1. The lowest BCUT2D eigenvalue weighted by atomic mass is 10.2. The number of benzene rings is 2. The third kappa shape index (κ3) is 4.55. The van der Waals surface area contributed by atoms with Gasteiger partial charge in [-0.2, -0.15) is 0 Å². The number of halogens is 1. The topological polar surface area (TPSA) is 58.1 Å². The number of aromatic nitrogens is 2. The molecule has 1 amide bonds. The first-order valence-corrected chi connectivity index (χ1v) is 8.15. The average Bonchev–Trinajstić information content (AvgIpc) is 2.63. The summed E-state index contributed by atoms with van der Waals surface area (Å²) in [6.07, 6.45) is 0. The number of amides is 1. The van der Waals surface area contributed by atoms with Gasteiger partial charge in [-0.25, -0.2) is 0 Å². The molecule has 0 radical (unpaired) electrons. The number of rotatable bonds is 5. The second-order valence-electron chi connectivity index (χ2n) is 5.58. The van der Waals surface area contributed by atoms with Gasteiger partial charge < -0.3 is 10.2 Å². The van der Waals surface area contributed by atoms with Gasteiger partial charge in [-0.05, 0) is 42.0 Å². The first-order chi connectivity index (χ1) is 12.1. The smallest absolute Gasteiger partial charge is 0.256 e. The lowest BCUT2D eigenvalue weighted by molar-refractivity contribution is 0.102. The molecule has 2 aromatic carbocycles. The molecule has 5 nitrogen and oxygen atoms in total. The molecule has 0 aliphatic rings. The Hall–Kier alpha value is -2.92. The maximum Gasteiger partial charge on any atom is 0.256 e. The molecule has 3 aromatic rings. The Morgan fingerprint density at radius 2 is 1.72 bits per heavy atom. The molecular weight excluding hydrogens is 336 g/mol. The Balaban J connectivity index is 1.63. The van der Waals surface area contributed by atoms with Gasteiger partial charge in [0.15, 0.2) is 11.6 Å². The van der Waals surface area contributed by atoms with E-state index in [1.165, 1.54) is 5.56 Å². The molecule has 0 saturated heterocycles. The molecule has 0 unspecified atom stereocenters. The Labute approximate surface area is 151 Å². The SMILES string of the molecule is CN(Cc1ccccc1)c1ccc(NC(=O)c2ccc(Cl)cc2)nn1. The standard InChI is InChI=1S/C19H17ClN4O/c1-24(13-14-5-3-2-4-6-14)18-12-11-17(22-23-18)21-19(25)15-7-9-16(20)10-8-15/h2-12H,13H2,1H3,(H,21,22,25). The molecule has 1 heterocycles. The predicted octanol–water partition coefficient (Wildman–Crippen LogP) is 4.02. The van der Waals surface area contributed by atoms with Crippen LogP contribution in [0, 0.1) is 0 Å². The summed E-state index contributed by atoms with van der Waals surface area (Å²) in [5, 5.41) is 11.6. The molecule has 1 aromatic heterocycles. The minimum atomic E-state index is -0.253. The molecule has 25 heavy (non-hydrogen) atoms. The van der Waals surface area contributed by atoms with Gasteiger partial charge in [-0.3, -0.25) is 4.79 Å². The summed E-state index contributed by atoms with van der Waals surface area (Å²) in [5.74, 6) is 0.876. The zero-order chi connectivity index (χ0) is 17.6. The van der Waals surface area contributed by atoms with Crippen molar-refractivity contribution in [3.05, 3.63) is 82.9 Å². The van der Waals surface area contributed by atoms with Crippen LogP contribution in [0.25, 0.3) is 0 Å². The van der Waals surface area contributed by atoms with Crippen molar-refractivity contribution >= 4 is 29.1 Å². The fourth-order valence-electron chi connectivity index (χ4n) is 2.32. The van der Waals surface area contributed by atoms with E-state index < -0.39 is 0 Å². The van der Waals surface area contributed by atoms with E-state index in [2.05, 4.69) is 27.6 Å². The van der Waals surface area contributed by atoms with Gasteiger partial charge in [0.25, 0.3) is 5.91 Å². The molecule has 0 fully saturated rings. The third-order valence-electron chi connectivity index (χ3n) is 3.65. The van der Waals surface area contributed by atoms with Crippen molar-refractivity contribution in [3.63, 3.8) is 0 Å². The van der Waals surface area contributed by atoms with Crippen LogP contribution in [-0.4, -0.2) is 23.2 Å². The Bertz CT molecular complexity index is 836. The second-order valence-corrected chi connectivity index (χ2v) is 6.02. The Morgan fingerprint density at radius 3 is 2.36 bits per heavy atom. The Morgan fingerprint density at radius 1 is 1.00 bits per heavy atom. The van der Waals surface area contributed by atoms with Crippen molar-refractivity contribution in [3.8, 4) is 0 Å². The fraction of sp³-hybridized carbons (Fsp3) is 0.105. The van der Waals surface area contributed by atoms with Gasteiger partial charge in [0.1, 0.15) is 0 Å². The summed E-state index contributed by atoms with van der Waals surface area (Å²) in [6, 6.07) is 20.3. The van der Waals surface area contributed by atoms with E-state index in [9.17, 15) is 4.79 Å². The number of carbonyl (C=O) groups is 1. The summed E-state index contributed by atoms with van der Waals surface area (Å²) >= 11 is 5.82. The third-order valence-corrected chi connectivity index (χ3v) is 3.90. The zero-order valence-electron chi connectivity index (χ0n) is 13.7. The van der Waals surface area contributed by atoms with Gasteiger partial charge >= 0.3 is 0 Å². The van der Waals surface area contributed by atoms with Crippen molar-refractivity contribution in [2.24, 2.45) is 0 Å². The monoisotopic (exact) mass is 352 g/mol. The average molecular weight is 353 g/mol. The van der Waals surface area contributed by atoms with Crippen molar-refractivity contribution in [1.82, 2.24) is 10.2 Å². The van der Waals surface area contributed by atoms with Gasteiger partial charge in [0, 0.05) is 24.2 Å². The van der Waals surface area contributed by atoms with Crippen LogP contribution in [0.2, 0.25) is 5.02 Å². The highest BCUT2D eigenvalue weighted by atomic mass is 35.5. The second kappa shape index (κ2) is 7.77. The van der Waals surface area contributed by atoms with Gasteiger partial charge in [0.05, 0.1) is 0 Å². The lowest BCUT2D eigenvalue weighted by Gasteiger charge is -2.17. The van der Waals surface area contributed by atoms with Gasteiger partial charge in [-0.15, -0.1) is 10.2 Å².